The predicted octanol–water partition coefficient (Wildman–Crippen LogP) is 2.58. The van der Waals surface area contributed by atoms with Crippen molar-refractivity contribution in [1.29, 1.82) is 0 Å². The number of rotatable bonds is 11. The molecule has 0 aromatic heterocycles. The molecule has 6 nitrogen and oxygen atoms in total. The smallest absolute Gasteiger partial charge is 0.305 e. The molecule has 0 amide bonds. The van der Waals surface area contributed by atoms with E-state index in [1.807, 2.05) is 12.2 Å². The summed E-state index contributed by atoms with van der Waals surface area (Å²) in [6, 6.07) is 0. The van der Waals surface area contributed by atoms with Crippen LogP contribution in [0.5, 0.6) is 0 Å². The van der Waals surface area contributed by atoms with Gasteiger partial charge in [0.1, 0.15) is 5.78 Å². The van der Waals surface area contributed by atoms with Crippen molar-refractivity contribution >= 4 is 17.7 Å². The Morgan fingerprint density at radius 3 is 2.46 bits per heavy atom. The summed E-state index contributed by atoms with van der Waals surface area (Å²) in [7, 11) is 0. The second-order valence-electron chi connectivity index (χ2n) is 7.07. The van der Waals surface area contributed by atoms with Crippen molar-refractivity contribution in [1.82, 2.24) is 0 Å². The summed E-state index contributed by atoms with van der Waals surface area (Å²) in [5, 5.41) is 10.1. The van der Waals surface area contributed by atoms with Gasteiger partial charge in [0, 0.05) is 30.6 Å². The van der Waals surface area contributed by atoms with Crippen LogP contribution in [0.4, 0.5) is 0 Å². The minimum atomic E-state index is -0.608. The average Bonchev–Trinajstić information content (AvgIpc) is 3.17. The van der Waals surface area contributed by atoms with Gasteiger partial charge in [0.05, 0.1) is 19.3 Å². The lowest BCUT2D eigenvalue weighted by Crippen LogP contribution is -2.18. The molecular weight excluding hydrogens is 336 g/mol. The van der Waals surface area contributed by atoms with Gasteiger partial charge in [-0.15, -0.1) is 0 Å². The van der Waals surface area contributed by atoms with Crippen LogP contribution in [0.1, 0.15) is 58.8 Å². The number of hydrogen-bond donors (Lipinski definition) is 1. The first kappa shape index (κ1) is 20.6. The zero-order valence-electron chi connectivity index (χ0n) is 15.7. The van der Waals surface area contributed by atoms with E-state index in [4.69, 9.17) is 9.47 Å². The Morgan fingerprint density at radius 1 is 1.15 bits per heavy atom. The number of unbranched alkanes of at least 4 members (excludes halogenated alkanes) is 2. The summed E-state index contributed by atoms with van der Waals surface area (Å²) in [6.07, 6.45) is 7.18. The van der Waals surface area contributed by atoms with E-state index < -0.39 is 11.5 Å². The van der Waals surface area contributed by atoms with Crippen molar-refractivity contribution in [2.45, 2.75) is 64.9 Å². The molecule has 26 heavy (non-hydrogen) atoms. The first-order valence-electron chi connectivity index (χ1n) is 9.66. The molecule has 0 aliphatic heterocycles. The molecule has 2 fully saturated rings. The SMILES string of the molecule is CCOC(=O)CCCC/C=C\[C@@H]1[C@H]2[C@H](O)CC(=O)[C@]21CCC(=O)OCC. The van der Waals surface area contributed by atoms with E-state index >= 15 is 0 Å². The van der Waals surface area contributed by atoms with Crippen molar-refractivity contribution in [2.24, 2.45) is 17.3 Å². The minimum absolute atomic E-state index is 0.0123. The van der Waals surface area contributed by atoms with Gasteiger partial charge in [0.2, 0.25) is 0 Å². The Bertz CT molecular complexity index is 555. The Balaban J connectivity index is 1.80. The van der Waals surface area contributed by atoms with Gasteiger partial charge in [-0.2, -0.15) is 0 Å². The van der Waals surface area contributed by atoms with Gasteiger partial charge in [-0.1, -0.05) is 12.2 Å². The molecule has 146 valence electrons. The number of Topliss-reactive ketones (excluding diaryl/α,β-unsaturated/α-hetero) is 1. The van der Waals surface area contributed by atoms with Crippen molar-refractivity contribution in [3.63, 3.8) is 0 Å². The number of carbonyl (C=O) groups is 3. The monoisotopic (exact) mass is 366 g/mol. The lowest BCUT2D eigenvalue weighted by molar-refractivity contribution is -0.144. The first-order chi connectivity index (χ1) is 12.5. The molecule has 0 unspecified atom stereocenters. The third-order valence-corrected chi connectivity index (χ3v) is 5.49. The van der Waals surface area contributed by atoms with Gasteiger partial charge in [-0.05, 0) is 45.4 Å². The highest BCUT2D eigenvalue weighted by Gasteiger charge is 2.73. The van der Waals surface area contributed by atoms with Gasteiger partial charge >= 0.3 is 11.9 Å². The molecule has 0 saturated heterocycles. The molecule has 2 saturated carbocycles. The quantitative estimate of drug-likeness (QED) is 0.343. The molecule has 0 spiro atoms. The summed E-state index contributed by atoms with van der Waals surface area (Å²) in [4.78, 5) is 35.3. The molecular formula is C20H30O6. The van der Waals surface area contributed by atoms with Crippen LogP contribution in [0.25, 0.3) is 0 Å². The standard InChI is InChI=1S/C20H30O6/c1-3-25-17(23)10-8-6-5-7-9-14-19-15(21)13-16(22)20(14,19)12-11-18(24)26-4-2/h7,9,14-15,19,21H,3-6,8,10-13H2,1-2H3/b9-7-/t14-,15-,19+,20-/m1/s1. The fourth-order valence-electron chi connectivity index (χ4n) is 4.27. The zero-order valence-corrected chi connectivity index (χ0v) is 15.7. The van der Waals surface area contributed by atoms with E-state index in [0.29, 0.717) is 26.1 Å². The van der Waals surface area contributed by atoms with Crippen molar-refractivity contribution < 1.29 is 29.0 Å². The van der Waals surface area contributed by atoms with Crippen LogP contribution in [-0.2, 0) is 23.9 Å². The lowest BCUT2D eigenvalue weighted by atomic mass is 9.92. The molecule has 0 bridgehead atoms. The van der Waals surface area contributed by atoms with E-state index in [9.17, 15) is 19.5 Å². The van der Waals surface area contributed by atoms with Crippen LogP contribution in [-0.4, -0.2) is 42.1 Å². The van der Waals surface area contributed by atoms with Gasteiger partial charge in [-0.3, -0.25) is 14.4 Å². The second-order valence-corrected chi connectivity index (χ2v) is 7.07. The predicted molar refractivity (Wildman–Crippen MR) is 95.2 cm³/mol. The zero-order chi connectivity index (χ0) is 19.2. The van der Waals surface area contributed by atoms with E-state index in [-0.39, 0.29) is 42.4 Å². The molecule has 6 heteroatoms. The third kappa shape index (κ3) is 4.53. The van der Waals surface area contributed by atoms with E-state index in [2.05, 4.69) is 0 Å². The number of ketones is 1. The summed E-state index contributed by atoms with van der Waals surface area (Å²) < 4.78 is 9.84. The van der Waals surface area contributed by atoms with Gasteiger partial charge in [0.25, 0.3) is 0 Å². The van der Waals surface area contributed by atoms with Crippen LogP contribution < -0.4 is 0 Å². The number of aliphatic hydroxyl groups excluding tert-OH is 1. The normalized spacial score (nSPS) is 29.7. The van der Waals surface area contributed by atoms with Crippen LogP contribution in [0, 0.1) is 17.3 Å². The maximum atomic E-state index is 12.4. The maximum Gasteiger partial charge on any atom is 0.305 e. The number of carbonyl (C=O) groups excluding carboxylic acids is 3. The summed E-state index contributed by atoms with van der Waals surface area (Å²) in [5.41, 5.74) is -0.576. The molecule has 2 rings (SSSR count). The van der Waals surface area contributed by atoms with Gasteiger partial charge < -0.3 is 14.6 Å². The van der Waals surface area contributed by atoms with Crippen molar-refractivity contribution in [2.75, 3.05) is 13.2 Å². The largest absolute Gasteiger partial charge is 0.466 e. The van der Waals surface area contributed by atoms with Crippen LogP contribution in [0.3, 0.4) is 0 Å². The van der Waals surface area contributed by atoms with Crippen molar-refractivity contribution in [3.05, 3.63) is 12.2 Å². The number of hydrogen-bond acceptors (Lipinski definition) is 6. The number of allylic oxidation sites excluding steroid dienone is 2. The van der Waals surface area contributed by atoms with Crippen molar-refractivity contribution in [3.8, 4) is 0 Å². The van der Waals surface area contributed by atoms with Crippen LogP contribution in [0.15, 0.2) is 12.2 Å². The van der Waals surface area contributed by atoms with E-state index in [1.165, 1.54) is 0 Å². The average molecular weight is 366 g/mol. The third-order valence-electron chi connectivity index (χ3n) is 5.49. The number of aliphatic hydroxyl groups is 1. The Labute approximate surface area is 154 Å². The number of fused-ring (bicyclic) bond motifs is 1. The topological polar surface area (TPSA) is 89.9 Å². The molecule has 0 heterocycles. The lowest BCUT2D eigenvalue weighted by Gasteiger charge is -2.12. The van der Waals surface area contributed by atoms with Crippen LogP contribution >= 0.6 is 0 Å². The second kappa shape index (κ2) is 9.31. The van der Waals surface area contributed by atoms with Gasteiger partial charge in [0.15, 0.2) is 0 Å². The number of ether oxygens (including phenoxy) is 2. The Kier molecular flexibility index (Phi) is 7.38. The highest BCUT2D eigenvalue weighted by Crippen LogP contribution is 2.69. The Morgan fingerprint density at radius 2 is 1.81 bits per heavy atom. The Hall–Kier alpha value is -1.69. The first-order valence-corrected chi connectivity index (χ1v) is 9.66. The number of esters is 2. The highest BCUT2D eigenvalue weighted by atomic mass is 16.5. The summed E-state index contributed by atoms with van der Waals surface area (Å²) in [6.45, 7) is 4.29. The molecule has 0 radical (unpaired) electrons. The summed E-state index contributed by atoms with van der Waals surface area (Å²) >= 11 is 0. The highest BCUT2D eigenvalue weighted by molar-refractivity contribution is 5.93. The molecule has 2 aliphatic rings. The molecule has 4 atom stereocenters. The van der Waals surface area contributed by atoms with E-state index in [0.717, 1.165) is 19.3 Å². The van der Waals surface area contributed by atoms with E-state index in [1.54, 1.807) is 13.8 Å². The molecule has 2 aliphatic carbocycles. The molecule has 0 aromatic rings. The van der Waals surface area contributed by atoms with Crippen LogP contribution in [0.2, 0.25) is 0 Å². The van der Waals surface area contributed by atoms with Gasteiger partial charge in [-0.25, -0.2) is 0 Å². The molecule has 1 N–H and O–H groups in total. The molecule has 0 aromatic carbocycles. The fourth-order valence-corrected chi connectivity index (χ4v) is 4.27. The fraction of sp³-hybridized carbons (Fsp3) is 0.750. The minimum Gasteiger partial charge on any atom is -0.466 e. The summed E-state index contributed by atoms with van der Waals surface area (Å²) in [5.74, 6) is -0.446. The maximum absolute atomic E-state index is 12.4.